The lowest BCUT2D eigenvalue weighted by atomic mass is 10.2. The maximum absolute atomic E-state index is 12.6. The highest BCUT2D eigenvalue weighted by Crippen LogP contribution is 2.29. The molecule has 1 amide bonds. The van der Waals surface area contributed by atoms with Gasteiger partial charge in [-0.25, -0.2) is 4.79 Å². The summed E-state index contributed by atoms with van der Waals surface area (Å²) < 4.78 is 0. The third-order valence-corrected chi connectivity index (χ3v) is 6.22. The fourth-order valence-corrected chi connectivity index (χ4v) is 4.41. The average molecular weight is 325 g/mol. The van der Waals surface area contributed by atoms with Crippen molar-refractivity contribution in [2.45, 2.75) is 32.1 Å². The quantitative estimate of drug-likeness (QED) is 0.868. The van der Waals surface area contributed by atoms with Crippen LogP contribution in [0.1, 0.15) is 34.0 Å². The van der Waals surface area contributed by atoms with Crippen molar-refractivity contribution in [3.8, 4) is 0 Å². The molecule has 6 heteroatoms. The molecule has 2 heterocycles. The van der Waals surface area contributed by atoms with Gasteiger partial charge in [-0.15, -0.1) is 11.3 Å². The smallest absolute Gasteiger partial charge is 0.328 e. The Morgan fingerprint density at radius 1 is 1.43 bits per heavy atom. The molecular formula is C15H19NO3S2. The standard InChI is InChI=1S/C15H19NO3S2/c1-9-8-13(21-12(9)4-5-14(17)18)15(19)16-6-7-20-11(3)10(16)2/h4-5,8,10-11H,6-7H2,1-3H3,(H,17,18)/b5-4+. The Morgan fingerprint density at radius 3 is 2.81 bits per heavy atom. The molecule has 21 heavy (non-hydrogen) atoms. The monoisotopic (exact) mass is 325 g/mol. The summed E-state index contributed by atoms with van der Waals surface area (Å²) in [5.74, 6) is 0.0387. The van der Waals surface area contributed by atoms with E-state index in [1.807, 2.05) is 29.7 Å². The normalized spacial score (nSPS) is 22.7. The van der Waals surface area contributed by atoms with Gasteiger partial charge in [-0.2, -0.15) is 11.8 Å². The molecule has 1 saturated heterocycles. The molecule has 114 valence electrons. The van der Waals surface area contributed by atoms with E-state index in [-0.39, 0.29) is 11.9 Å². The van der Waals surface area contributed by atoms with Gasteiger partial charge >= 0.3 is 5.97 Å². The van der Waals surface area contributed by atoms with Crippen LogP contribution in [-0.4, -0.2) is 45.5 Å². The summed E-state index contributed by atoms with van der Waals surface area (Å²) >= 11 is 3.25. The number of hydrogen-bond donors (Lipinski definition) is 1. The molecule has 0 spiro atoms. The van der Waals surface area contributed by atoms with Gasteiger partial charge in [0.05, 0.1) is 4.88 Å². The Kier molecular flexibility index (Phi) is 5.11. The van der Waals surface area contributed by atoms with Crippen molar-refractivity contribution in [3.63, 3.8) is 0 Å². The van der Waals surface area contributed by atoms with Crippen LogP contribution in [0.4, 0.5) is 0 Å². The molecule has 1 aromatic rings. The number of carbonyl (C=O) groups is 2. The molecule has 2 unspecified atom stereocenters. The van der Waals surface area contributed by atoms with E-state index < -0.39 is 5.97 Å². The molecule has 1 N–H and O–H groups in total. The topological polar surface area (TPSA) is 57.6 Å². The fourth-order valence-electron chi connectivity index (χ4n) is 2.28. The van der Waals surface area contributed by atoms with E-state index in [2.05, 4.69) is 13.8 Å². The Balaban J connectivity index is 2.20. The lowest BCUT2D eigenvalue weighted by Gasteiger charge is -2.37. The minimum absolute atomic E-state index is 0.0534. The van der Waals surface area contributed by atoms with Crippen molar-refractivity contribution in [3.05, 3.63) is 27.5 Å². The highest BCUT2D eigenvalue weighted by atomic mass is 32.2. The highest BCUT2D eigenvalue weighted by molar-refractivity contribution is 8.00. The number of carbonyl (C=O) groups excluding carboxylic acids is 1. The van der Waals surface area contributed by atoms with Crippen LogP contribution in [0.15, 0.2) is 12.1 Å². The lowest BCUT2D eigenvalue weighted by Crippen LogP contribution is -2.47. The van der Waals surface area contributed by atoms with E-state index in [4.69, 9.17) is 5.11 Å². The summed E-state index contributed by atoms with van der Waals surface area (Å²) in [6.45, 7) is 6.90. The van der Waals surface area contributed by atoms with Gasteiger partial charge in [0.1, 0.15) is 0 Å². The number of rotatable bonds is 3. The number of carboxylic acids is 1. The van der Waals surface area contributed by atoms with Crippen LogP contribution in [0.25, 0.3) is 6.08 Å². The lowest BCUT2D eigenvalue weighted by molar-refractivity contribution is -0.131. The molecule has 0 aromatic carbocycles. The average Bonchev–Trinajstić information content (AvgIpc) is 2.80. The number of thioether (sulfide) groups is 1. The highest BCUT2D eigenvalue weighted by Gasteiger charge is 2.30. The van der Waals surface area contributed by atoms with Gasteiger partial charge in [0, 0.05) is 34.5 Å². The van der Waals surface area contributed by atoms with Gasteiger partial charge in [-0.1, -0.05) is 6.92 Å². The van der Waals surface area contributed by atoms with Crippen molar-refractivity contribution >= 4 is 41.1 Å². The summed E-state index contributed by atoms with van der Waals surface area (Å²) in [6, 6.07) is 2.07. The zero-order chi connectivity index (χ0) is 15.6. The van der Waals surface area contributed by atoms with Gasteiger partial charge in [0.2, 0.25) is 0 Å². The molecule has 2 atom stereocenters. The SMILES string of the molecule is Cc1cc(C(=O)N2CCSC(C)C2C)sc1/C=C/C(=O)O. The van der Waals surface area contributed by atoms with Crippen LogP contribution in [0.2, 0.25) is 0 Å². The Labute approximate surface area is 132 Å². The predicted octanol–water partition coefficient (Wildman–Crippen LogP) is 3.12. The first kappa shape index (κ1) is 16.1. The molecule has 1 aliphatic heterocycles. The van der Waals surface area contributed by atoms with E-state index in [1.165, 1.54) is 11.3 Å². The van der Waals surface area contributed by atoms with E-state index >= 15 is 0 Å². The molecule has 1 aliphatic rings. The first-order chi connectivity index (χ1) is 9.90. The molecule has 1 fully saturated rings. The van der Waals surface area contributed by atoms with E-state index in [1.54, 1.807) is 6.08 Å². The Morgan fingerprint density at radius 2 is 2.14 bits per heavy atom. The Hall–Kier alpha value is -1.27. The third kappa shape index (κ3) is 3.68. The summed E-state index contributed by atoms with van der Waals surface area (Å²) in [4.78, 5) is 26.7. The van der Waals surface area contributed by atoms with Gasteiger partial charge in [0.15, 0.2) is 0 Å². The zero-order valence-electron chi connectivity index (χ0n) is 12.3. The Bertz CT molecular complexity index is 579. The van der Waals surface area contributed by atoms with Crippen molar-refractivity contribution in [2.75, 3.05) is 12.3 Å². The second kappa shape index (κ2) is 6.66. The van der Waals surface area contributed by atoms with Crippen LogP contribution in [0.5, 0.6) is 0 Å². The zero-order valence-corrected chi connectivity index (χ0v) is 14.0. The molecule has 2 rings (SSSR count). The van der Waals surface area contributed by atoms with Gasteiger partial charge in [-0.3, -0.25) is 4.79 Å². The van der Waals surface area contributed by atoms with E-state index in [0.717, 1.165) is 28.8 Å². The summed E-state index contributed by atoms with van der Waals surface area (Å²) in [6.07, 6.45) is 2.66. The number of hydrogen-bond acceptors (Lipinski definition) is 4. The maximum atomic E-state index is 12.6. The number of nitrogens with zero attached hydrogens (tertiary/aromatic N) is 1. The van der Waals surface area contributed by atoms with Crippen LogP contribution in [0.3, 0.4) is 0 Å². The second-order valence-electron chi connectivity index (χ2n) is 5.14. The molecule has 0 saturated carbocycles. The van der Waals surface area contributed by atoms with Crippen molar-refractivity contribution in [2.24, 2.45) is 0 Å². The molecule has 4 nitrogen and oxygen atoms in total. The van der Waals surface area contributed by atoms with Crippen LogP contribution < -0.4 is 0 Å². The predicted molar refractivity (Wildman–Crippen MR) is 88.1 cm³/mol. The largest absolute Gasteiger partial charge is 0.478 e. The molecular weight excluding hydrogens is 306 g/mol. The number of amides is 1. The minimum atomic E-state index is -0.980. The van der Waals surface area contributed by atoms with Crippen LogP contribution in [-0.2, 0) is 4.79 Å². The number of thiophene rings is 1. The van der Waals surface area contributed by atoms with Crippen LogP contribution in [0, 0.1) is 6.92 Å². The molecule has 0 radical (unpaired) electrons. The van der Waals surface area contributed by atoms with Crippen molar-refractivity contribution < 1.29 is 14.7 Å². The minimum Gasteiger partial charge on any atom is -0.478 e. The van der Waals surface area contributed by atoms with Crippen LogP contribution >= 0.6 is 23.1 Å². The second-order valence-corrected chi connectivity index (χ2v) is 7.71. The molecule has 1 aromatic heterocycles. The molecule has 0 aliphatic carbocycles. The van der Waals surface area contributed by atoms with E-state index in [9.17, 15) is 9.59 Å². The van der Waals surface area contributed by atoms with E-state index in [0.29, 0.717) is 10.1 Å². The maximum Gasteiger partial charge on any atom is 0.328 e. The van der Waals surface area contributed by atoms with Gasteiger partial charge < -0.3 is 10.0 Å². The summed E-state index contributed by atoms with van der Waals surface area (Å²) in [5.41, 5.74) is 0.938. The van der Waals surface area contributed by atoms with Gasteiger partial charge in [-0.05, 0) is 31.6 Å². The number of aryl methyl sites for hydroxylation is 1. The number of carboxylic acid groups (broad SMARTS) is 1. The summed E-state index contributed by atoms with van der Waals surface area (Å²) in [7, 11) is 0. The van der Waals surface area contributed by atoms with Crippen molar-refractivity contribution in [1.82, 2.24) is 4.90 Å². The van der Waals surface area contributed by atoms with Gasteiger partial charge in [0.25, 0.3) is 5.91 Å². The molecule has 0 bridgehead atoms. The fraction of sp³-hybridized carbons (Fsp3) is 0.467. The first-order valence-corrected chi connectivity index (χ1v) is 8.70. The third-order valence-electron chi connectivity index (χ3n) is 3.69. The van der Waals surface area contributed by atoms with Crippen molar-refractivity contribution in [1.29, 1.82) is 0 Å². The number of aliphatic carboxylic acids is 1. The summed E-state index contributed by atoms with van der Waals surface area (Å²) in [5, 5.41) is 9.13. The first-order valence-electron chi connectivity index (χ1n) is 6.84.